The van der Waals surface area contributed by atoms with Crippen LogP contribution in [0.5, 0.6) is 0 Å². The summed E-state index contributed by atoms with van der Waals surface area (Å²) in [5, 5.41) is 0. The number of aromatic amines is 1. The number of pyridine rings is 1. The van der Waals surface area contributed by atoms with Crippen molar-refractivity contribution in [2.75, 3.05) is 26.3 Å². The first kappa shape index (κ1) is 11.7. The quantitative estimate of drug-likeness (QED) is 0.798. The van der Waals surface area contributed by atoms with Gasteiger partial charge in [0.1, 0.15) is 4.90 Å². The van der Waals surface area contributed by atoms with Crippen LogP contribution in [0.4, 0.5) is 0 Å². The normalized spacial score (nSPS) is 18.5. The smallest absolute Gasteiger partial charge is 0.246 e. The third kappa shape index (κ3) is 2.17. The summed E-state index contributed by atoms with van der Waals surface area (Å²) < 4.78 is 31.2. The third-order valence-corrected chi connectivity index (χ3v) is 4.80. The second-order valence-electron chi connectivity index (χ2n) is 3.39. The van der Waals surface area contributed by atoms with E-state index in [-0.39, 0.29) is 4.90 Å². The molecule has 88 valence electrons. The number of hydrogen-bond donors (Lipinski definition) is 1. The van der Waals surface area contributed by atoms with Crippen molar-refractivity contribution < 1.29 is 13.2 Å². The molecule has 0 spiro atoms. The summed E-state index contributed by atoms with van der Waals surface area (Å²) >= 11 is 5.01. The minimum absolute atomic E-state index is 0.159. The Morgan fingerprint density at radius 2 is 2.06 bits per heavy atom. The molecular formula is C9H12N2O3S2. The largest absolute Gasteiger partial charge is 0.379 e. The highest BCUT2D eigenvalue weighted by Crippen LogP contribution is 2.16. The number of nitrogens with one attached hydrogen (secondary N) is 1. The first-order valence-electron chi connectivity index (χ1n) is 4.87. The zero-order chi connectivity index (χ0) is 11.6. The van der Waals surface area contributed by atoms with E-state index >= 15 is 0 Å². The highest BCUT2D eigenvalue weighted by atomic mass is 32.2. The Morgan fingerprint density at radius 1 is 1.38 bits per heavy atom. The summed E-state index contributed by atoms with van der Waals surface area (Å²) in [5.41, 5.74) is 0. The molecule has 1 aliphatic rings. The van der Waals surface area contributed by atoms with Crippen LogP contribution in [0.1, 0.15) is 0 Å². The number of rotatable bonds is 2. The van der Waals surface area contributed by atoms with Crippen molar-refractivity contribution in [2.24, 2.45) is 0 Å². The standard InChI is InChI=1S/C9H12N2O3S2/c12-16(13,11-3-5-14-6-4-11)9-7-10-2-1-8(9)15/h1-2,7H,3-6H2,(H,10,15). The second-order valence-corrected chi connectivity index (χ2v) is 5.74. The molecule has 1 aromatic rings. The molecule has 0 saturated carbocycles. The Labute approximate surface area is 99.1 Å². The molecule has 0 radical (unpaired) electrons. The molecule has 0 aliphatic carbocycles. The van der Waals surface area contributed by atoms with Crippen molar-refractivity contribution in [2.45, 2.75) is 4.90 Å². The molecule has 2 rings (SSSR count). The van der Waals surface area contributed by atoms with Crippen LogP contribution in [-0.4, -0.2) is 44.0 Å². The molecule has 1 aliphatic heterocycles. The van der Waals surface area contributed by atoms with Gasteiger partial charge in [-0.3, -0.25) is 0 Å². The Hall–Kier alpha value is -0.760. The highest BCUT2D eigenvalue weighted by molar-refractivity contribution is 7.89. The van der Waals surface area contributed by atoms with Crippen LogP contribution in [0, 0.1) is 4.51 Å². The van der Waals surface area contributed by atoms with Gasteiger partial charge < -0.3 is 9.72 Å². The van der Waals surface area contributed by atoms with E-state index in [1.54, 1.807) is 12.3 Å². The van der Waals surface area contributed by atoms with E-state index in [1.807, 2.05) is 0 Å². The molecule has 0 unspecified atom stereocenters. The Balaban J connectivity index is 2.39. The van der Waals surface area contributed by atoms with Crippen molar-refractivity contribution in [1.29, 1.82) is 0 Å². The molecular weight excluding hydrogens is 248 g/mol. The maximum Gasteiger partial charge on any atom is 0.246 e. The molecule has 5 nitrogen and oxygen atoms in total. The molecule has 1 saturated heterocycles. The molecule has 16 heavy (non-hydrogen) atoms. The van der Waals surface area contributed by atoms with Crippen LogP contribution in [-0.2, 0) is 14.8 Å². The van der Waals surface area contributed by atoms with E-state index in [0.717, 1.165) is 0 Å². The van der Waals surface area contributed by atoms with Crippen LogP contribution >= 0.6 is 12.2 Å². The molecule has 0 amide bonds. The summed E-state index contributed by atoms with van der Waals surface area (Å²) in [7, 11) is -3.47. The molecule has 1 aromatic heterocycles. The average Bonchev–Trinajstić information content (AvgIpc) is 2.30. The van der Waals surface area contributed by atoms with Gasteiger partial charge in [-0.15, -0.1) is 0 Å². The Morgan fingerprint density at radius 3 is 2.69 bits per heavy atom. The van der Waals surface area contributed by atoms with Gasteiger partial charge in [0.2, 0.25) is 10.0 Å². The molecule has 7 heteroatoms. The minimum Gasteiger partial charge on any atom is -0.379 e. The van der Waals surface area contributed by atoms with Crippen molar-refractivity contribution >= 4 is 22.2 Å². The SMILES string of the molecule is O=S(=O)(c1c[nH]ccc1=S)N1CCOCC1. The van der Waals surface area contributed by atoms with E-state index in [4.69, 9.17) is 17.0 Å². The highest BCUT2D eigenvalue weighted by Gasteiger charge is 2.27. The summed E-state index contributed by atoms with van der Waals surface area (Å²) in [6.07, 6.45) is 3.04. The lowest BCUT2D eigenvalue weighted by Crippen LogP contribution is -2.40. The van der Waals surface area contributed by atoms with Crippen LogP contribution < -0.4 is 0 Å². The first-order chi connectivity index (χ1) is 7.62. The summed E-state index contributed by atoms with van der Waals surface area (Å²) in [4.78, 5) is 2.90. The number of sulfonamides is 1. The fraction of sp³-hybridized carbons (Fsp3) is 0.444. The van der Waals surface area contributed by atoms with E-state index in [2.05, 4.69) is 4.98 Å². The topological polar surface area (TPSA) is 62.4 Å². The van der Waals surface area contributed by atoms with Crippen molar-refractivity contribution in [1.82, 2.24) is 9.29 Å². The predicted molar refractivity (Wildman–Crippen MR) is 61.2 cm³/mol. The zero-order valence-electron chi connectivity index (χ0n) is 8.55. The number of H-pyrrole nitrogens is 1. The minimum atomic E-state index is -3.47. The number of morpholine rings is 1. The van der Waals surface area contributed by atoms with E-state index in [1.165, 1.54) is 10.5 Å². The van der Waals surface area contributed by atoms with Gasteiger partial charge in [-0.2, -0.15) is 4.31 Å². The van der Waals surface area contributed by atoms with E-state index in [0.29, 0.717) is 30.8 Å². The maximum absolute atomic E-state index is 12.2. The summed E-state index contributed by atoms with van der Waals surface area (Å²) in [5.74, 6) is 0. The maximum atomic E-state index is 12.2. The van der Waals surface area contributed by atoms with Gasteiger partial charge in [0.15, 0.2) is 0 Å². The molecule has 2 heterocycles. The monoisotopic (exact) mass is 260 g/mol. The molecule has 1 fully saturated rings. The molecule has 0 atom stereocenters. The Kier molecular flexibility index (Phi) is 3.38. The zero-order valence-corrected chi connectivity index (χ0v) is 10.2. The lowest BCUT2D eigenvalue weighted by molar-refractivity contribution is 0.0730. The van der Waals surface area contributed by atoms with Crippen molar-refractivity contribution in [3.63, 3.8) is 0 Å². The van der Waals surface area contributed by atoms with E-state index in [9.17, 15) is 8.42 Å². The van der Waals surface area contributed by atoms with Crippen molar-refractivity contribution in [3.05, 3.63) is 23.0 Å². The van der Waals surface area contributed by atoms with Gasteiger partial charge in [0, 0.05) is 25.5 Å². The Bertz CT molecular complexity index is 518. The van der Waals surface area contributed by atoms with Gasteiger partial charge in [0.05, 0.1) is 17.7 Å². The van der Waals surface area contributed by atoms with Crippen LogP contribution in [0.25, 0.3) is 0 Å². The van der Waals surface area contributed by atoms with Crippen LogP contribution in [0.2, 0.25) is 0 Å². The molecule has 0 aromatic carbocycles. The number of ether oxygens (including phenoxy) is 1. The summed E-state index contributed by atoms with van der Waals surface area (Å²) in [6, 6.07) is 1.57. The average molecular weight is 260 g/mol. The van der Waals surface area contributed by atoms with Gasteiger partial charge in [-0.25, -0.2) is 8.42 Å². The first-order valence-corrected chi connectivity index (χ1v) is 6.72. The molecule has 1 N–H and O–H groups in total. The number of hydrogen-bond acceptors (Lipinski definition) is 4. The van der Waals surface area contributed by atoms with Gasteiger partial charge in [-0.1, -0.05) is 12.2 Å². The third-order valence-electron chi connectivity index (χ3n) is 2.38. The van der Waals surface area contributed by atoms with Gasteiger partial charge >= 0.3 is 0 Å². The number of nitrogens with zero attached hydrogens (tertiary/aromatic N) is 1. The van der Waals surface area contributed by atoms with Crippen LogP contribution in [0.3, 0.4) is 0 Å². The number of aromatic nitrogens is 1. The van der Waals surface area contributed by atoms with Crippen molar-refractivity contribution in [3.8, 4) is 0 Å². The fourth-order valence-corrected chi connectivity index (χ4v) is 3.42. The summed E-state index contributed by atoms with van der Waals surface area (Å²) in [6.45, 7) is 1.63. The van der Waals surface area contributed by atoms with Gasteiger partial charge in [0.25, 0.3) is 0 Å². The molecule has 0 bridgehead atoms. The van der Waals surface area contributed by atoms with Gasteiger partial charge in [-0.05, 0) is 6.07 Å². The lowest BCUT2D eigenvalue weighted by atomic mass is 10.5. The lowest BCUT2D eigenvalue weighted by Gasteiger charge is -2.25. The predicted octanol–water partition coefficient (Wildman–Crippen LogP) is 0.765. The van der Waals surface area contributed by atoms with Crippen LogP contribution in [0.15, 0.2) is 23.4 Å². The fourth-order valence-electron chi connectivity index (χ4n) is 1.53. The van der Waals surface area contributed by atoms with E-state index < -0.39 is 10.0 Å². The second kappa shape index (κ2) is 4.62.